The minimum atomic E-state index is -3.73. The fraction of sp³-hybridized carbons (Fsp3) is 0. The molecule has 0 radical (unpaired) electrons. The van der Waals surface area contributed by atoms with E-state index < -0.39 is 10.0 Å². The number of hydrogen-bond acceptors (Lipinski definition) is 4. The molecule has 2 N–H and O–H groups in total. The van der Waals surface area contributed by atoms with Crippen LogP contribution in [0.1, 0.15) is 0 Å². The van der Waals surface area contributed by atoms with Crippen LogP contribution in [0.15, 0.2) is 39.0 Å². The largest absolute Gasteiger partial charge is 0.506 e. The number of aromatic hydroxyl groups is 1. The van der Waals surface area contributed by atoms with Crippen LogP contribution in [-0.2, 0) is 10.0 Å². The Kier molecular flexibility index (Phi) is 3.86. The lowest BCUT2D eigenvalue weighted by Crippen LogP contribution is -2.11. The zero-order valence-corrected chi connectivity index (χ0v) is 12.7. The number of halogens is 2. The molecule has 0 saturated heterocycles. The van der Waals surface area contributed by atoms with Crippen molar-refractivity contribution < 1.29 is 13.5 Å². The highest BCUT2D eigenvalue weighted by atomic mass is 79.9. The fourth-order valence-corrected chi connectivity index (χ4v) is 4.14. The summed E-state index contributed by atoms with van der Waals surface area (Å²) < 4.78 is 27.4. The van der Waals surface area contributed by atoms with Crippen LogP contribution in [0.25, 0.3) is 0 Å². The minimum Gasteiger partial charge on any atom is -0.506 e. The number of nitrogens with one attached hydrogen (secondary N) is 1. The zero-order valence-electron chi connectivity index (χ0n) is 8.72. The van der Waals surface area contributed by atoms with E-state index in [9.17, 15) is 13.5 Å². The number of phenolic OH excluding ortho intramolecular Hbond substituents is 1. The van der Waals surface area contributed by atoms with Crippen LogP contribution in [0.4, 0.5) is 5.69 Å². The topological polar surface area (TPSA) is 66.4 Å². The summed E-state index contributed by atoms with van der Waals surface area (Å²) >= 11 is 9.84. The van der Waals surface area contributed by atoms with E-state index in [1.807, 2.05) is 0 Å². The molecule has 2 rings (SSSR count). The monoisotopic (exact) mass is 367 g/mol. The standard InChI is InChI=1S/C10H7BrClNO3S2/c11-6-1-2-8(14)7(5-6)13-18(15,16)10-4-3-9(12)17-10/h1-5,13-14H. The lowest BCUT2D eigenvalue weighted by Gasteiger charge is -2.08. The quantitative estimate of drug-likeness (QED) is 0.812. The van der Waals surface area contributed by atoms with Crippen molar-refractivity contribution in [3.05, 3.63) is 39.1 Å². The van der Waals surface area contributed by atoms with Crippen molar-refractivity contribution in [2.75, 3.05) is 4.72 Å². The first-order valence-electron chi connectivity index (χ1n) is 4.65. The normalized spacial score (nSPS) is 11.4. The van der Waals surface area contributed by atoms with Crippen LogP contribution in [0.5, 0.6) is 5.75 Å². The molecule has 0 aliphatic carbocycles. The minimum absolute atomic E-state index is 0.0897. The van der Waals surface area contributed by atoms with E-state index in [1.165, 1.54) is 24.3 Å². The van der Waals surface area contributed by atoms with E-state index in [-0.39, 0.29) is 15.6 Å². The number of benzene rings is 1. The summed E-state index contributed by atoms with van der Waals surface area (Å²) in [5.41, 5.74) is 0.105. The zero-order chi connectivity index (χ0) is 13.3. The molecule has 0 spiro atoms. The Morgan fingerprint density at radius 1 is 1.28 bits per heavy atom. The van der Waals surface area contributed by atoms with E-state index in [1.54, 1.807) is 6.07 Å². The van der Waals surface area contributed by atoms with Crippen molar-refractivity contribution in [2.24, 2.45) is 0 Å². The highest BCUT2D eigenvalue weighted by molar-refractivity contribution is 9.10. The van der Waals surface area contributed by atoms with Crippen molar-refractivity contribution in [3.8, 4) is 5.75 Å². The molecule has 0 amide bonds. The fourth-order valence-electron chi connectivity index (χ4n) is 1.23. The van der Waals surface area contributed by atoms with Gasteiger partial charge in [-0.15, -0.1) is 11.3 Å². The molecule has 0 saturated carbocycles. The van der Waals surface area contributed by atoms with Gasteiger partial charge in [0.05, 0.1) is 10.0 Å². The molecular weight excluding hydrogens is 362 g/mol. The molecule has 8 heteroatoms. The first-order chi connectivity index (χ1) is 8.38. The third kappa shape index (κ3) is 2.97. The van der Waals surface area contributed by atoms with E-state index in [0.717, 1.165) is 11.3 Å². The van der Waals surface area contributed by atoms with Crippen LogP contribution < -0.4 is 4.72 Å². The number of rotatable bonds is 3. The van der Waals surface area contributed by atoms with Crippen molar-refractivity contribution >= 4 is 54.6 Å². The molecule has 0 bridgehead atoms. The Morgan fingerprint density at radius 3 is 2.61 bits per heavy atom. The lowest BCUT2D eigenvalue weighted by atomic mass is 10.3. The smallest absolute Gasteiger partial charge is 0.271 e. The first-order valence-corrected chi connectivity index (χ1v) is 8.12. The van der Waals surface area contributed by atoms with Crippen molar-refractivity contribution in [1.29, 1.82) is 0 Å². The molecule has 1 aromatic heterocycles. The van der Waals surface area contributed by atoms with Crippen LogP contribution >= 0.6 is 38.9 Å². The number of phenols is 1. The first kappa shape index (κ1) is 13.7. The van der Waals surface area contributed by atoms with Gasteiger partial charge in [0, 0.05) is 4.47 Å². The van der Waals surface area contributed by atoms with Gasteiger partial charge in [-0.05, 0) is 30.3 Å². The maximum Gasteiger partial charge on any atom is 0.271 e. The van der Waals surface area contributed by atoms with Crippen molar-refractivity contribution in [1.82, 2.24) is 0 Å². The van der Waals surface area contributed by atoms with Gasteiger partial charge in [-0.3, -0.25) is 4.72 Å². The molecule has 0 atom stereocenters. The van der Waals surface area contributed by atoms with Gasteiger partial charge in [0.1, 0.15) is 9.96 Å². The predicted octanol–water partition coefficient (Wildman–Crippen LogP) is 3.67. The summed E-state index contributed by atoms with van der Waals surface area (Å²) in [6.07, 6.45) is 0. The SMILES string of the molecule is O=S(=O)(Nc1cc(Br)ccc1O)c1ccc(Cl)s1. The summed E-state index contributed by atoms with van der Waals surface area (Å²) in [6, 6.07) is 7.38. The molecule has 0 aliphatic rings. The molecule has 1 heterocycles. The molecule has 4 nitrogen and oxygen atoms in total. The van der Waals surface area contributed by atoms with Gasteiger partial charge in [0.25, 0.3) is 10.0 Å². The Bertz CT molecular complexity index is 684. The molecular formula is C10H7BrClNO3S2. The van der Waals surface area contributed by atoms with E-state index in [2.05, 4.69) is 20.7 Å². The average Bonchev–Trinajstić information content (AvgIpc) is 2.71. The maximum absolute atomic E-state index is 12.0. The van der Waals surface area contributed by atoms with Crippen LogP contribution in [-0.4, -0.2) is 13.5 Å². The average molecular weight is 369 g/mol. The molecule has 2 aromatic rings. The molecule has 96 valence electrons. The second-order valence-electron chi connectivity index (χ2n) is 3.33. The maximum atomic E-state index is 12.0. The summed E-state index contributed by atoms with van der Waals surface area (Å²) in [4.78, 5) is 0. The lowest BCUT2D eigenvalue weighted by molar-refractivity contribution is 0.477. The second kappa shape index (κ2) is 5.08. The Balaban J connectivity index is 2.36. The predicted molar refractivity (Wildman–Crippen MR) is 75.9 cm³/mol. The van der Waals surface area contributed by atoms with Gasteiger partial charge in [-0.1, -0.05) is 27.5 Å². The Morgan fingerprint density at radius 2 is 2.00 bits per heavy atom. The van der Waals surface area contributed by atoms with Gasteiger partial charge >= 0.3 is 0 Å². The van der Waals surface area contributed by atoms with Crippen molar-refractivity contribution in [3.63, 3.8) is 0 Å². The number of hydrogen-bond donors (Lipinski definition) is 2. The summed E-state index contributed by atoms with van der Waals surface area (Å²) in [5.74, 6) is -0.149. The van der Waals surface area contributed by atoms with Gasteiger partial charge in [0.15, 0.2) is 0 Å². The highest BCUT2D eigenvalue weighted by Crippen LogP contribution is 2.31. The van der Waals surface area contributed by atoms with Crippen LogP contribution in [0, 0.1) is 0 Å². The summed E-state index contributed by atoms with van der Waals surface area (Å²) in [5, 5.41) is 9.58. The molecule has 0 aliphatic heterocycles. The third-order valence-corrected chi connectivity index (χ3v) is 5.60. The van der Waals surface area contributed by atoms with Gasteiger partial charge in [-0.2, -0.15) is 0 Å². The summed E-state index contributed by atoms with van der Waals surface area (Å²) in [6.45, 7) is 0. The highest BCUT2D eigenvalue weighted by Gasteiger charge is 2.18. The number of anilines is 1. The molecule has 0 fully saturated rings. The summed E-state index contributed by atoms with van der Waals surface area (Å²) in [7, 11) is -3.73. The van der Waals surface area contributed by atoms with E-state index in [4.69, 9.17) is 11.6 Å². The van der Waals surface area contributed by atoms with Gasteiger partial charge < -0.3 is 5.11 Å². The second-order valence-corrected chi connectivity index (χ2v) is 7.87. The van der Waals surface area contributed by atoms with Crippen LogP contribution in [0.2, 0.25) is 4.34 Å². The van der Waals surface area contributed by atoms with E-state index >= 15 is 0 Å². The third-order valence-electron chi connectivity index (χ3n) is 2.02. The number of sulfonamides is 1. The van der Waals surface area contributed by atoms with Gasteiger partial charge in [-0.25, -0.2) is 8.42 Å². The molecule has 0 unspecified atom stereocenters. The Hall–Kier alpha value is -0.760. The number of thiophene rings is 1. The van der Waals surface area contributed by atoms with E-state index in [0.29, 0.717) is 8.81 Å². The van der Waals surface area contributed by atoms with Crippen LogP contribution in [0.3, 0.4) is 0 Å². The molecule has 1 aromatic carbocycles. The Labute approximate surface area is 121 Å². The van der Waals surface area contributed by atoms with Crippen molar-refractivity contribution in [2.45, 2.75) is 4.21 Å². The van der Waals surface area contributed by atoms with Gasteiger partial charge in [0.2, 0.25) is 0 Å². The molecule has 18 heavy (non-hydrogen) atoms.